The van der Waals surface area contributed by atoms with Crippen molar-refractivity contribution in [3.63, 3.8) is 0 Å². The number of ether oxygens (including phenoxy) is 2. The van der Waals surface area contributed by atoms with Crippen molar-refractivity contribution in [2.45, 2.75) is 81.8 Å². The molecule has 47 heavy (non-hydrogen) atoms. The molecule has 0 bridgehead atoms. The van der Waals surface area contributed by atoms with Crippen LogP contribution in [-0.2, 0) is 11.4 Å². The van der Waals surface area contributed by atoms with Crippen LogP contribution >= 0.6 is 11.8 Å². The van der Waals surface area contributed by atoms with Crippen LogP contribution in [-0.4, -0.2) is 25.2 Å². The normalized spacial score (nSPS) is 12.3. The van der Waals surface area contributed by atoms with Crippen LogP contribution in [0.3, 0.4) is 0 Å². The molecule has 0 aromatic heterocycles. The minimum absolute atomic E-state index is 0.0522. The number of hydrogen-bond donors (Lipinski definition) is 1. The fourth-order valence-electron chi connectivity index (χ4n) is 6.18. The minimum Gasteiger partial charge on any atom is -0.543 e. The first kappa shape index (κ1) is 35.8. The molecule has 1 N–H and O–H groups in total. The lowest BCUT2D eigenvalue weighted by atomic mass is 10.0. The summed E-state index contributed by atoms with van der Waals surface area (Å²) in [7, 11) is -2.22. The molecule has 0 spiro atoms. The summed E-state index contributed by atoms with van der Waals surface area (Å²) in [5.41, 5.74) is 2.85. The summed E-state index contributed by atoms with van der Waals surface area (Å²) in [4.78, 5) is 25.8. The fourth-order valence-corrected chi connectivity index (χ4v) is 12.6. The summed E-state index contributed by atoms with van der Waals surface area (Å²) < 4.78 is 33.8. The standard InChI is InChI=1S/C38H43FO6SSi/c1-24(2)47(25(3)4,26(5)6)45-31-18-16-29(17-19-31)36(42)37(30-14-11-15-32(22-30)44-27(7)40)46-38-33(41)20-21-34(35(38)39)43-23-28-12-9-8-10-13-28/h8-22,24-26,37,41H,23H2,1-7H3. The van der Waals surface area contributed by atoms with Gasteiger partial charge in [-0.1, -0.05) is 84.0 Å². The van der Waals surface area contributed by atoms with Crippen molar-refractivity contribution in [3.8, 4) is 23.0 Å². The van der Waals surface area contributed by atoms with Gasteiger partial charge in [-0.3, -0.25) is 9.59 Å². The van der Waals surface area contributed by atoms with Crippen LogP contribution in [0.25, 0.3) is 0 Å². The molecular weight excluding hydrogens is 632 g/mol. The van der Waals surface area contributed by atoms with E-state index in [1.54, 1.807) is 36.4 Å². The van der Waals surface area contributed by atoms with E-state index in [0.717, 1.165) is 17.3 Å². The molecule has 1 unspecified atom stereocenters. The van der Waals surface area contributed by atoms with Gasteiger partial charge in [0.25, 0.3) is 8.32 Å². The molecule has 0 amide bonds. The molecule has 0 fully saturated rings. The molecule has 0 aliphatic heterocycles. The van der Waals surface area contributed by atoms with E-state index in [9.17, 15) is 14.7 Å². The zero-order chi connectivity index (χ0) is 34.3. The molecular formula is C38H43FO6SSi. The number of aromatic hydroxyl groups is 1. The molecule has 0 saturated heterocycles. The minimum atomic E-state index is -2.22. The van der Waals surface area contributed by atoms with Gasteiger partial charge in [0.1, 0.15) is 23.9 Å². The molecule has 4 aromatic rings. The highest BCUT2D eigenvalue weighted by molar-refractivity contribution is 8.00. The van der Waals surface area contributed by atoms with Gasteiger partial charge >= 0.3 is 5.97 Å². The molecule has 0 aliphatic rings. The predicted molar refractivity (Wildman–Crippen MR) is 188 cm³/mol. The lowest BCUT2D eigenvalue weighted by Gasteiger charge is -2.42. The monoisotopic (exact) mass is 674 g/mol. The van der Waals surface area contributed by atoms with Gasteiger partial charge in [0, 0.05) is 12.5 Å². The Morgan fingerprint density at radius 2 is 1.45 bits per heavy atom. The average molecular weight is 675 g/mol. The van der Waals surface area contributed by atoms with Crippen LogP contribution in [0.15, 0.2) is 95.9 Å². The number of halogens is 1. The van der Waals surface area contributed by atoms with Gasteiger partial charge in [-0.2, -0.15) is 0 Å². The van der Waals surface area contributed by atoms with E-state index in [2.05, 4.69) is 41.5 Å². The zero-order valence-corrected chi connectivity index (χ0v) is 29.8. The number of rotatable bonds is 14. The third-order valence-corrected chi connectivity index (χ3v) is 15.7. The van der Waals surface area contributed by atoms with Crippen LogP contribution in [0.5, 0.6) is 23.0 Å². The summed E-state index contributed by atoms with van der Waals surface area (Å²) in [6, 6.07) is 25.7. The highest BCUT2D eigenvalue weighted by Gasteiger charge is 2.47. The summed E-state index contributed by atoms with van der Waals surface area (Å²) in [6.07, 6.45) is 0. The molecule has 6 nitrogen and oxygen atoms in total. The van der Waals surface area contributed by atoms with Crippen LogP contribution in [0.4, 0.5) is 4.39 Å². The van der Waals surface area contributed by atoms with Gasteiger partial charge in [-0.25, -0.2) is 4.39 Å². The van der Waals surface area contributed by atoms with Gasteiger partial charge in [0.2, 0.25) is 0 Å². The van der Waals surface area contributed by atoms with Crippen LogP contribution in [0.1, 0.15) is 75.2 Å². The Morgan fingerprint density at radius 1 is 0.809 bits per heavy atom. The van der Waals surface area contributed by atoms with Crippen LogP contribution < -0.4 is 13.9 Å². The third kappa shape index (κ3) is 8.45. The largest absolute Gasteiger partial charge is 0.543 e. The Kier molecular flexibility index (Phi) is 11.9. The van der Waals surface area contributed by atoms with E-state index in [-0.39, 0.29) is 34.5 Å². The second-order valence-corrected chi connectivity index (χ2v) is 19.0. The second-order valence-electron chi connectivity index (χ2n) is 12.5. The van der Waals surface area contributed by atoms with Crippen molar-refractivity contribution >= 4 is 31.8 Å². The Morgan fingerprint density at radius 3 is 2.04 bits per heavy atom. The fraction of sp³-hybridized carbons (Fsp3) is 0.316. The van der Waals surface area contributed by atoms with E-state index in [4.69, 9.17) is 13.9 Å². The van der Waals surface area contributed by atoms with Gasteiger partial charge in [-0.05, 0) is 76.3 Å². The Labute approximate surface area is 282 Å². The first-order valence-electron chi connectivity index (χ1n) is 15.8. The SMILES string of the molecule is CC(=O)Oc1cccc(C(Sc2c(O)ccc(OCc3ccccc3)c2F)C(=O)c2ccc(O[Si](C(C)C)(C(C)C)C(C)C)cc2)c1. The molecule has 4 aromatic carbocycles. The summed E-state index contributed by atoms with van der Waals surface area (Å²) in [6.45, 7) is 14.7. The molecule has 0 heterocycles. The van der Waals surface area contributed by atoms with Crippen molar-refractivity contribution in [2.75, 3.05) is 0 Å². The number of thioether (sulfide) groups is 1. The predicted octanol–water partition coefficient (Wildman–Crippen LogP) is 10.3. The average Bonchev–Trinajstić information content (AvgIpc) is 3.03. The summed E-state index contributed by atoms with van der Waals surface area (Å²) in [5.74, 6) is -1.03. The number of hydrogen-bond acceptors (Lipinski definition) is 7. The highest BCUT2D eigenvalue weighted by Crippen LogP contribution is 2.46. The number of Topliss-reactive ketones (excluding diaryl/α,β-unsaturated/α-hetero) is 1. The number of esters is 1. The molecule has 0 aliphatic carbocycles. The number of carbonyl (C=O) groups excluding carboxylic acids is 2. The van der Waals surface area contributed by atoms with Crippen LogP contribution in [0.2, 0.25) is 16.6 Å². The molecule has 0 saturated carbocycles. The quantitative estimate of drug-likeness (QED) is 0.0469. The molecule has 0 radical (unpaired) electrons. The maximum Gasteiger partial charge on any atom is 0.308 e. The number of phenols is 1. The third-order valence-electron chi connectivity index (χ3n) is 8.31. The Bertz CT molecular complexity index is 1650. The van der Waals surface area contributed by atoms with E-state index < -0.39 is 25.4 Å². The van der Waals surface area contributed by atoms with Gasteiger partial charge in [0.05, 0.1) is 10.1 Å². The van der Waals surface area contributed by atoms with Crippen molar-refractivity contribution in [2.24, 2.45) is 0 Å². The smallest absolute Gasteiger partial charge is 0.308 e. The van der Waals surface area contributed by atoms with Gasteiger partial charge in [-0.15, -0.1) is 11.8 Å². The number of phenolic OH excluding ortho intramolecular Hbond substituents is 1. The lowest BCUT2D eigenvalue weighted by Crippen LogP contribution is -2.50. The molecule has 4 rings (SSSR count). The number of ketones is 1. The number of carbonyl (C=O) groups is 2. The topological polar surface area (TPSA) is 82.1 Å². The van der Waals surface area contributed by atoms with Crippen molar-refractivity contribution in [1.29, 1.82) is 0 Å². The molecule has 1 atom stereocenters. The van der Waals surface area contributed by atoms with Crippen molar-refractivity contribution in [3.05, 3.63) is 114 Å². The Balaban J connectivity index is 1.69. The van der Waals surface area contributed by atoms with E-state index in [0.29, 0.717) is 33.5 Å². The Hall–Kier alpha value is -4.08. The zero-order valence-electron chi connectivity index (χ0n) is 28.0. The number of benzene rings is 4. The lowest BCUT2D eigenvalue weighted by molar-refractivity contribution is -0.131. The van der Waals surface area contributed by atoms with Gasteiger partial charge in [0.15, 0.2) is 17.3 Å². The van der Waals surface area contributed by atoms with Gasteiger partial charge < -0.3 is 19.0 Å². The second kappa shape index (κ2) is 15.7. The first-order chi connectivity index (χ1) is 22.3. The van der Waals surface area contributed by atoms with E-state index >= 15 is 4.39 Å². The van der Waals surface area contributed by atoms with E-state index in [1.807, 2.05) is 42.5 Å². The summed E-state index contributed by atoms with van der Waals surface area (Å²) in [5, 5.41) is 9.79. The first-order valence-corrected chi connectivity index (χ1v) is 18.8. The highest BCUT2D eigenvalue weighted by atomic mass is 32.2. The summed E-state index contributed by atoms with van der Waals surface area (Å²) >= 11 is 0.868. The maximum atomic E-state index is 15.9. The maximum absolute atomic E-state index is 15.9. The van der Waals surface area contributed by atoms with Crippen LogP contribution in [0, 0.1) is 5.82 Å². The van der Waals surface area contributed by atoms with Crippen molar-refractivity contribution < 1.29 is 33.0 Å². The molecule has 9 heteroatoms. The van der Waals surface area contributed by atoms with E-state index in [1.165, 1.54) is 19.1 Å². The molecule has 248 valence electrons. The van der Waals surface area contributed by atoms with Crippen molar-refractivity contribution in [1.82, 2.24) is 0 Å².